The lowest BCUT2D eigenvalue weighted by Gasteiger charge is -2.24. The zero-order valence-corrected chi connectivity index (χ0v) is 15.9. The molecule has 0 radical (unpaired) electrons. The Morgan fingerprint density at radius 3 is 2.28 bits per heavy atom. The van der Waals surface area contributed by atoms with Crippen LogP contribution in [0.4, 0.5) is 10.5 Å². The van der Waals surface area contributed by atoms with E-state index in [1.807, 2.05) is 42.5 Å². The van der Waals surface area contributed by atoms with E-state index in [0.717, 1.165) is 16.4 Å². The molecule has 25 heavy (non-hydrogen) atoms. The first-order chi connectivity index (χ1) is 11.8. The SMILES string of the molecule is CPc1ccccc1C1C(=O)N(C(=O)OC(C)(C)C)c2ccccc21. The van der Waals surface area contributed by atoms with E-state index >= 15 is 0 Å². The largest absolute Gasteiger partial charge is 0.443 e. The summed E-state index contributed by atoms with van der Waals surface area (Å²) in [5.74, 6) is -0.714. The van der Waals surface area contributed by atoms with Crippen molar-refractivity contribution < 1.29 is 14.3 Å². The van der Waals surface area contributed by atoms with Crippen LogP contribution in [0.25, 0.3) is 0 Å². The van der Waals surface area contributed by atoms with Crippen molar-refractivity contribution in [2.24, 2.45) is 0 Å². The maximum atomic E-state index is 13.2. The van der Waals surface area contributed by atoms with Gasteiger partial charge >= 0.3 is 6.09 Å². The molecule has 2 aromatic carbocycles. The fourth-order valence-electron chi connectivity index (χ4n) is 3.09. The van der Waals surface area contributed by atoms with Crippen molar-refractivity contribution in [3.63, 3.8) is 0 Å². The van der Waals surface area contributed by atoms with Gasteiger partial charge in [-0.05, 0) is 49.9 Å². The van der Waals surface area contributed by atoms with Gasteiger partial charge in [0.15, 0.2) is 0 Å². The van der Waals surface area contributed by atoms with Crippen LogP contribution in [0.3, 0.4) is 0 Å². The number of amides is 2. The standard InChI is InChI=1S/C20H22NO3P/c1-20(2,3)24-19(23)21-15-11-7-5-9-13(15)17(18(21)22)14-10-6-8-12-16(14)25-4/h5-12,17,25H,1-4H3. The van der Waals surface area contributed by atoms with Gasteiger partial charge in [-0.1, -0.05) is 51.0 Å². The average molecular weight is 355 g/mol. The second kappa shape index (κ2) is 6.61. The molecule has 1 aliphatic heterocycles. The lowest BCUT2D eigenvalue weighted by atomic mass is 9.92. The Morgan fingerprint density at radius 1 is 1.04 bits per heavy atom. The van der Waals surface area contributed by atoms with Gasteiger partial charge in [-0.2, -0.15) is 0 Å². The van der Waals surface area contributed by atoms with E-state index in [2.05, 4.69) is 6.66 Å². The van der Waals surface area contributed by atoms with Crippen LogP contribution in [0, 0.1) is 0 Å². The number of imide groups is 1. The van der Waals surface area contributed by atoms with E-state index in [-0.39, 0.29) is 5.91 Å². The Labute approximate surface area is 150 Å². The Kier molecular flexibility index (Phi) is 4.66. The van der Waals surface area contributed by atoms with E-state index in [0.29, 0.717) is 14.3 Å². The number of para-hydroxylation sites is 1. The van der Waals surface area contributed by atoms with Crippen molar-refractivity contribution in [3.8, 4) is 0 Å². The van der Waals surface area contributed by atoms with Gasteiger partial charge in [0.25, 0.3) is 0 Å². The highest BCUT2D eigenvalue weighted by Crippen LogP contribution is 2.41. The van der Waals surface area contributed by atoms with E-state index in [1.165, 1.54) is 4.90 Å². The number of anilines is 1. The highest BCUT2D eigenvalue weighted by Gasteiger charge is 2.43. The molecule has 2 aromatic rings. The summed E-state index contributed by atoms with van der Waals surface area (Å²) < 4.78 is 5.46. The summed E-state index contributed by atoms with van der Waals surface area (Å²) in [7, 11) is 0.573. The molecule has 0 fully saturated rings. The number of carbonyl (C=O) groups excluding carboxylic acids is 2. The zero-order valence-electron chi connectivity index (χ0n) is 14.9. The summed E-state index contributed by atoms with van der Waals surface area (Å²) in [6, 6.07) is 15.4. The van der Waals surface area contributed by atoms with Gasteiger partial charge in [0, 0.05) is 0 Å². The van der Waals surface area contributed by atoms with Crippen LogP contribution in [0.15, 0.2) is 48.5 Å². The molecule has 2 atom stereocenters. The minimum absolute atomic E-state index is 0.249. The number of carbonyl (C=O) groups is 2. The van der Waals surface area contributed by atoms with Gasteiger partial charge < -0.3 is 4.74 Å². The number of hydrogen-bond donors (Lipinski definition) is 0. The minimum atomic E-state index is -0.660. The van der Waals surface area contributed by atoms with Crippen LogP contribution in [-0.4, -0.2) is 24.3 Å². The van der Waals surface area contributed by atoms with Crippen molar-refractivity contribution in [3.05, 3.63) is 59.7 Å². The average Bonchev–Trinajstić information content (AvgIpc) is 2.85. The molecule has 130 valence electrons. The van der Waals surface area contributed by atoms with Gasteiger partial charge in [-0.3, -0.25) is 4.79 Å². The van der Waals surface area contributed by atoms with Gasteiger partial charge in [-0.25, -0.2) is 9.69 Å². The third-order valence-corrected chi connectivity index (χ3v) is 5.07. The molecule has 0 N–H and O–H groups in total. The topological polar surface area (TPSA) is 46.6 Å². The molecule has 0 saturated heterocycles. The second-order valence-electron chi connectivity index (χ2n) is 6.98. The predicted molar refractivity (Wildman–Crippen MR) is 102 cm³/mol. The predicted octanol–water partition coefficient (Wildman–Crippen LogP) is 4.03. The molecule has 3 rings (SSSR count). The van der Waals surface area contributed by atoms with Crippen molar-refractivity contribution in [1.82, 2.24) is 0 Å². The number of benzene rings is 2. The first-order valence-electron chi connectivity index (χ1n) is 8.26. The Balaban J connectivity index is 2.08. The van der Waals surface area contributed by atoms with Crippen molar-refractivity contribution >= 4 is 31.6 Å². The smallest absolute Gasteiger partial charge is 0.421 e. The van der Waals surface area contributed by atoms with Gasteiger partial charge in [0.1, 0.15) is 5.60 Å². The summed E-state index contributed by atoms with van der Waals surface area (Å²) in [5.41, 5.74) is 1.77. The summed E-state index contributed by atoms with van der Waals surface area (Å²) in [6.45, 7) is 7.48. The Bertz CT molecular complexity index is 826. The van der Waals surface area contributed by atoms with E-state index in [4.69, 9.17) is 4.74 Å². The number of hydrogen-bond acceptors (Lipinski definition) is 3. The fraction of sp³-hybridized carbons (Fsp3) is 0.300. The van der Waals surface area contributed by atoms with Crippen LogP contribution in [-0.2, 0) is 9.53 Å². The van der Waals surface area contributed by atoms with Crippen LogP contribution in [0.2, 0.25) is 0 Å². The molecule has 0 bridgehead atoms. The first kappa shape index (κ1) is 17.6. The molecule has 2 unspecified atom stereocenters. The van der Waals surface area contributed by atoms with Crippen LogP contribution in [0.5, 0.6) is 0 Å². The molecule has 4 nitrogen and oxygen atoms in total. The molecule has 5 heteroatoms. The lowest BCUT2D eigenvalue weighted by molar-refractivity contribution is -0.118. The summed E-state index contributed by atoms with van der Waals surface area (Å²) in [5, 5.41) is 1.14. The monoisotopic (exact) mass is 355 g/mol. The van der Waals surface area contributed by atoms with Crippen molar-refractivity contribution in [2.45, 2.75) is 32.3 Å². The summed E-state index contributed by atoms with van der Waals surface area (Å²) in [6.07, 6.45) is -0.621. The molecule has 0 aromatic heterocycles. The molecular weight excluding hydrogens is 333 g/mol. The Morgan fingerprint density at radius 2 is 1.64 bits per heavy atom. The van der Waals surface area contributed by atoms with Crippen LogP contribution < -0.4 is 10.2 Å². The molecule has 2 amide bonds. The van der Waals surface area contributed by atoms with E-state index in [9.17, 15) is 9.59 Å². The molecule has 1 heterocycles. The normalized spacial score (nSPS) is 17.2. The number of rotatable bonds is 2. The first-order valence-corrected chi connectivity index (χ1v) is 9.76. The number of ether oxygens (including phenoxy) is 1. The second-order valence-corrected chi connectivity index (χ2v) is 8.02. The molecule has 0 aliphatic carbocycles. The highest BCUT2D eigenvalue weighted by atomic mass is 31.1. The number of nitrogens with zero attached hydrogens (tertiary/aromatic N) is 1. The third kappa shape index (κ3) is 3.32. The fourth-order valence-corrected chi connectivity index (χ4v) is 3.87. The van der Waals surface area contributed by atoms with E-state index in [1.54, 1.807) is 26.8 Å². The van der Waals surface area contributed by atoms with Gasteiger partial charge in [0.2, 0.25) is 5.91 Å². The van der Waals surface area contributed by atoms with Crippen LogP contribution in [0.1, 0.15) is 37.8 Å². The zero-order chi connectivity index (χ0) is 18.2. The van der Waals surface area contributed by atoms with Crippen LogP contribution >= 0.6 is 8.58 Å². The van der Waals surface area contributed by atoms with Gasteiger partial charge in [-0.15, -0.1) is 0 Å². The lowest BCUT2D eigenvalue weighted by Crippen LogP contribution is -2.40. The minimum Gasteiger partial charge on any atom is -0.443 e. The maximum absolute atomic E-state index is 13.2. The molecular formula is C20H22NO3P. The maximum Gasteiger partial charge on any atom is 0.421 e. The van der Waals surface area contributed by atoms with Gasteiger partial charge in [0.05, 0.1) is 11.6 Å². The Hall–Kier alpha value is -2.19. The van der Waals surface area contributed by atoms with Crippen molar-refractivity contribution in [1.29, 1.82) is 0 Å². The van der Waals surface area contributed by atoms with E-state index < -0.39 is 17.6 Å². The third-order valence-electron chi connectivity index (χ3n) is 4.07. The summed E-state index contributed by atoms with van der Waals surface area (Å²) in [4.78, 5) is 27.0. The molecule has 0 saturated carbocycles. The number of fused-ring (bicyclic) bond motifs is 1. The van der Waals surface area contributed by atoms with Crippen molar-refractivity contribution in [2.75, 3.05) is 11.6 Å². The quantitative estimate of drug-likeness (QED) is 0.764. The molecule has 1 aliphatic rings. The highest BCUT2D eigenvalue weighted by molar-refractivity contribution is 7.46. The molecule has 0 spiro atoms. The summed E-state index contributed by atoms with van der Waals surface area (Å²) >= 11 is 0.